The average Bonchev–Trinajstić information content (AvgIpc) is 3.13. The zero-order valence-corrected chi connectivity index (χ0v) is 35.8. The Morgan fingerprint density at radius 3 is 2.12 bits per heavy atom. The van der Waals surface area contributed by atoms with Gasteiger partial charge in [0.05, 0.1) is 25.4 Å². The fourth-order valence-corrected chi connectivity index (χ4v) is 14.7. The molecule has 0 aromatic carbocycles. The van der Waals surface area contributed by atoms with Crippen LogP contribution in [0.3, 0.4) is 0 Å². The van der Waals surface area contributed by atoms with Crippen LogP contribution in [0.15, 0.2) is 11.6 Å². The molecule has 0 radical (unpaired) electrons. The zero-order chi connectivity index (χ0) is 41.8. The molecule has 0 amide bonds. The van der Waals surface area contributed by atoms with Crippen LogP contribution in [-0.2, 0) is 33.5 Å². The van der Waals surface area contributed by atoms with Gasteiger partial charge in [-0.15, -0.1) is 0 Å². The molecule has 15 heteroatoms. The van der Waals surface area contributed by atoms with Gasteiger partial charge in [0.15, 0.2) is 18.7 Å². The molecule has 7 N–H and O–H groups in total. The summed E-state index contributed by atoms with van der Waals surface area (Å²) in [5.41, 5.74) is 0.866. The zero-order valence-electron chi connectivity index (χ0n) is 35.0. The molecule has 0 unspecified atom stereocenters. The first-order chi connectivity index (χ1) is 26.5. The Labute approximate surface area is 338 Å². The highest BCUT2D eigenvalue weighted by Crippen LogP contribution is 2.76. The molecule has 7 aliphatic rings. The summed E-state index contributed by atoms with van der Waals surface area (Å²) in [5.74, 6) is 2.20. The molecule has 6 fully saturated rings. The van der Waals surface area contributed by atoms with E-state index in [1.807, 2.05) is 0 Å². The van der Waals surface area contributed by atoms with E-state index < -0.39 is 89.9 Å². The van der Waals surface area contributed by atoms with Crippen LogP contribution < -0.4 is 0 Å². The maximum atomic E-state index is 12.2. The number of ether oxygens (including phenoxy) is 4. The highest BCUT2D eigenvalue weighted by molar-refractivity contribution is 7.80. The molecule has 0 aromatic rings. The first kappa shape index (κ1) is 44.3. The monoisotopic (exact) mass is 830 g/mol. The Hall–Kier alpha value is -0.790. The summed E-state index contributed by atoms with van der Waals surface area (Å²) in [6, 6.07) is 0. The van der Waals surface area contributed by atoms with Crippen LogP contribution in [0.1, 0.15) is 113 Å². The summed E-state index contributed by atoms with van der Waals surface area (Å²) in [7, 11) is -5.15. The highest BCUT2D eigenvalue weighted by Gasteiger charge is 2.70. The molecule has 5 aliphatic carbocycles. The van der Waals surface area contributed by atoms with E-state index in [1.165, 1.54) is 18.4 Å². The van der Waals surface area contributed by atoms with Crippen molar-refractivity contribution in [2.24, 2.45) is 56.7 Å². The van der Waals surface area contributed by atoms with Crippen molar-refractivity contribution >= 4 is 10.4 Å². The Bertz CT molecular complexity index is 1620. The maximum Gasteiger partial charge on any atom is 0.397 e. The normalized spacial score (nSPS) is 53.8. The van der Waals surface area contributed by atoms with Gasteiger partial charge in [0, 0.05) is 5.41 Å². The van der Waals surface area contributed by atoms with Crippen molar-refractivity contribution in [3.05, 3.63) is 11.6 Å². The van der Waals surface area contributed by atoms with E-state index in [0.717, 1.165) is 38.5 Å². The molecule has 0 spiro atoms. The number of rotatable bonds is 8. The van der Waals surface area contributed by atoms with Crippen LogP contribution in [0.4, 0.5) is 0 Å². The second kappa shape index (κ2) is 15.2. The average molecular weight is 831 g/mol. The third-order valence-corrected chi connectivity index (χ3v) is 18.2. The van der Waals surface area contributed by atoms with Crippen LogP contribution >= 0.6 is 0 Å². The van der Waals surface area contributed by atoms with E-state index in [9.17, 15) is 43.6 Å². The van der Waals surface area contributed by atoms with Crippen molar-refractivity contribution in [2.75, 3.05) is 13.2 Å². The van der Waals surface area contributed by atoms with Gasteiger partial charge in [-0.3, -0.25) is 4.55 Å². The van der Waals surface area contributed by atoms with Crippen LogP contribution in [-0.4, -0.2) is 124 Å². The number of hydrogen-bond acceptors (Lipinski definition) is 13. The molecule has 2 aliphatic heterocycles. The number of allylic oxidation sites excluding steroid dienone is 1. The summed E-state index contributed by atoms with van der Waals surface area (Å²) in [6.07, 6.45) is -4.59. The van der Waals surface area contributed by atoms with Crippen molar-refractivity contribution in [1.82, 2.24) is 0 Å². The minimum absolute atomic E-state index is 0.0955. The van der Waals surface area contributed by atoms with E-state index in [2.05, 4.69) is 54.5 Å². The van der Waals surface area contributed by atoms with Crippen molar-refractivity contribution in [2.45, 2.75) is 181 Å². The molecule has 14 nitrogen and oxygen atoms in total. The summed E-state index contributed by atoms with van der Waals surface area (Å²) in [6.45, 7) is 17.6. The molecule has 4 saturated carbocycles. The second-order valence-electron chi connectivity index (χ2n) is 20.7. The topological polar surface area (TPSA) is 222 Å². The lowest BCUT2D eigenvalue weighted by atomic mass is 9.33. The molecule has 2 saturated heterocycles. The Kier molecular flexibility index (Phi) is 11.8. The van der Waals surface area contributed by atoms with Gasteiger partial charge in [-0.25, -0.2) is 4.18 Å². The number of aliphatic hydroxyl groups is 6. The first-order valence-corrected chi connectivity index (χ1v) is 22.8. The Morgan fingerprint density at radius 2 is 1.47 bits per heavy atom. The van der Waals surface area contributed by atoms with Gasteiger partial charge in [-0.1, -0.05) is 60.1 Å². The minimum Gasteiger partial charge on any atom is -0.395 e. The van der Waals surface area contributed by atoms with Gasteiger partial charge in [-0.2, -0.15) is 8.42 Å². The summed E-state index contributed by atoms with van der Waals surface area (Å²) >= 11 is 0. The van der Waals surface area contributed by atoms with E-state index in [-0.39, 0.29) is 34.2 Å². The van der Waals surface area contributed by atoms with Gasteiger partial charge in [0.1, 0.15) is 36.6 Å². The van der Waals surface area contributed by atoms with Gasteiger partial charge in [-0.05, 0) is 116 Å². The molecule has 0 bridgehead atoms. The highest BCUT2D eigenvalue weighted by atomic mass is 32.3. The lowest BCUT2D eigenvalue weighted by Gasteiger charge is -2.72. The van der Waals surface area contributed by atoms with Crippen LogP contribution in [0.2, 0.25) is 0 Å². The van der Waals surface area contributed by atoms with Crippen molar-refractivity contribution in [3.63, 3.8) is 0 Å². The van der Waals surface area contributed by atoms with Gasteiger partial charge < -0.3 is 49.6 Å². The van der Waals surface area contributed by atoms with Crippen LogP contribution in [0, 0.1) is 56.7 Å². The molecule has 20 atom stereocenters. The van der Waals surface area contributed by atoms with E-state index in [1.54, 1.807) is 6.92 Å². The van der Waals surface area contributed by atoms with Gasteiger partial charge in [0.2, 0.25) is 0 Å². The predicted octanol–water partition coefficient (Wildman–Crippen LogP) is 3.50. The van der Waals surface area contributed by atoms with Crippen LogP contribution in [0.25, 0.3) is 0 Å². The third-order valence-electron chi connectivity index (χ3n) is 17.7. The quantitative estimate of drug-likeness (QED) is 0.106. The molecular weight excluding hydrogens is 761 g/mol. The molecule has 57 heavy (non-hydrogen) atoms. The molecular formula is C42H70O14S. The Balaban J connectivity index is 1.13. The van der Waals surface area contributed by atoms with Crippen LogP contribution in [0.5, 0.6) is 0 Å². The lowest BCUT2D eigenvalue weighted by Crippen LogP contribution is -2.67. The van der Waals surface area contributed by atoms with Gasteiger partial charge >= 0.3 is 10.4 Å². The smallest absolute Gasteiger partial charge is 0.395 e. The van der Waals surface area contributed by atoms with E-state index in [4.69, 9.17) is 23.1 Å². The summed E-state index contributed by atoms with van der Waals surface area (Å²) in [4.78, 5) is 0. The standard InChI is InChI=1S/C42H70O14S/c1-21-11-14-39(6)17-18-42(20-44)24(29(39)22(21)2)9-10-27-40(7)15-13-28(38(4,5)26(40)12-16-41(27,42)8)54-37-35(56-57(49,50)51)33(48)34(23(3)52-37)55-36-32(47)31(46)30(45)25(19-43)53-36/h9,21-23,25-37,43-48H,10-20H2,1-8H3,(H,49,50,51)/t21-,22-,23-,25+,26-,27-,28-,29+,30+,31-,32+,33+,34+,35-,36-,37+,39+,40-,41+,42+/m0/s1. The van der Waals surface area contributed by atoms with Crippen molar-refractivity contribution in [3.8, 4) is 0 Å². The fraction of sp³-hybridized carbons (Fsp3) is 0.952. The number of fused-ring (bicyclic) bond motifs is 7. The minimum atomic E-state index is -5.15. The SMILES string of the molecule is C[C@H]1[C@@H](C)CC[C@]2(C)CC[C@@]3(CO)C(=CC[C@H]4[C@@]5(C)CC[C@H](O[C@H]6O[C@@H](C)[C@@H](O[C@@H]7O[C@H](CO)[C@@H](O)[C@H](O)[C@H]7O)[C@@H](O)[C@@H]6OS(=O)(=O)O)C(C)(C)[C@@H]5CC[C@]43C)[C@@H]12. The third kappa shape index (κ3) is 6.93. The first-order valence-electron chi connectivity index (χ1n) is 21.4. The molecule has 2 heterocycles. The van der Waals surface area contributed by atoms with Gasteiger partial charge in [0.25, 0.3) is 0 Å². The second-order valence-corrected chi connectivity index (χ2v) is 21.7. The maximum absolute atomic E-state index is 12.2. The number of aliphatic hydroxyl groups excluding tert-OH is 6. The number of hydrogen-bond donors (Lipinski definition) is 7. The molecule has 328 valence electrons. The Morgan fingerprint density at radius 1 is 0.772 bits per heavy atom. The summed E-state index contributed by atoms with van der Waals surface area (Å²) in [5, 5.41) is 63.9. The van der Waals surface area contributed by atoms with Crippen molar-refractivity contribution < 1.29 is 66.7 Å². The largest absolute Gasteiger partial charge is 0.397 e. The van der Waals surface area contributed by atoms with E-state index in [0.29, 0.717) is 30.1 Å². The van der Waals surface area contributed by atoms with Crippen molar-refractivity contribution in [1.29, 1.82) is 0 Å². The van der Waals surface area contributed by atoms with E-state index >= 15 is 0 Å². The molecule has 0 aromatic heterocycles. The molecule has 7 rings (SSSR count). The summed E-state index contributed by atoms with van der Waals surface area (Å²) < 4.78 is 63.3. The fourth-order valence-electron chi connectivity index (χ4n) is 14.3. The lowest BCUT2D eigenvalue weighted by molar-refractivity contribution is -0.362. The predicted molar refractivity (Wildman–Crippen MR) is 206 cm³/mol.